The van der Waals surface area contributed by atoms with Crippen LogP contribution in [-0.4, -0.2) is 20.7 Å². The molecule has 0 unspecified atom stereocenters. The van der Waals surface area contributed by atoms with E-state index in [4.69, 9.17) is 0 Å². The molecule has 0 amide bonds. The number of hydrogen-bond donors (Lipinski definition) is 1. The van der Waals surface area contributed by atoms with E-state index in [1.807, 2.05) is 0 Å². The van der Waals surface area contributed by atoms with Gasteiger partial charge in [0.1, 0.15) is 5.69 Å². The first kappa shape index (κ1) is 13.4. The average molecular weight is 324 g/mol. The van der Waals surface area contributed by atoms with Crippen molar-refractivity contribution in [2.45, 2.75) is 13.3 Å². The fourth-order valence-corrected chi connectivity index (χ4v) is 1.96. The lowest BCUT2D eigenvalue weighted by Crippen LogP contribution is -2.05. The number of nitro groups is 1. The van der Waals surface area contributed by atoms with Gasteiger partial charge in [-0.15, -0.1) is 0 Å². The van der Waals surface area contributed by atoms with Gasteiger partial charge in [-0.25, -0.2) is 9.97 Å². The molecule has 0 aliphatic rings. The molecule has 0 bridgehead atoms. The molecule has 2 aromatic rings. The summed E-state index contributed by atoms with van der Waals surface area (Å²) in [7, 11) is 0. The number of halogens is 1. The number of aromatic amines is 1. The lowest BCUT2D eigenvalue weighted by molar-refractivity contribution is -0.390. The largest absolute Gasteiger partial charge is 0.358 e. The minimum Gasteiger partial charge on any atom is -0.358 e. The number of nitrogens with zero attached hydrogens (tertiary/aromatic N) is 2. The highest BCUT2D eigenvalue weighted by Crippen LogP contribution is 2.18. The summed E-state index contributed by atoms with van der Waals surface area (Å²) in [6, 6.07) is 6.82. The van der Waals surface area contributed by atoms with E-state index in [9.17, 15) is 14.9 Å². The average Bonchev–Trinajstić information content (AvgIpc) is 2.71. The van der Waals surface area contributed by atoms with Crippen molar-refractivity contribution < 1.29 is 9.72 Å². The van der Waals surface area contributed by atoms with E-state index < -0.39 is 4.92 Å². The van der Waals surface area contributed by atoms with Gasteiger partial charge in [0.15, 0.2) is 11.6 Å². The van der Waals surface area contributed by atoms with Crippen LogP contribution in [0.15, 0.2) is 28.7 Å². The van der Waals surface area contributed by atoms with Crippen LogP contribution in [0.1, 0.15) is 21.9 Å². The molecule has 2 rings (SSSR count). The Hall–Kier alpha value is -2.02. The number of Topliss-reactive ketones (excluding diaryl/α,β-unsaturated/α-hetero) is 1. The number of aryl methyl sites for hydroxylation is 1. The van der Waals surface area contributed by atoms with E-state index in [2.05, 4.69) is 25.9 Å². The Morgan fingerprint density at radius 2 is 2.05 bits per heavy atom. The van der Waals surface area contributed by atoms with Crippen LogP contribution in [0.25, 0.3) is 0 Å². The molecule has 0 spiro atoms. The normalized spacial score (nSPS) is 10.4. The number of carbonyl (C=O) groups is 1. The molecule has 0 aliphatic heterocycles. The summed E-state index contributed by atoms with van der Waals surface area (Å²) in [6.45, 7) is 1.61. The van der Waals surface area contributed by atoms with E-state index in [-0.39, 0.29) is 23.7 Å². The van der Waals surface area contributed by atoms with Crippen molar-refractivity contribution in [2.24, 2.45) is 0 Å². The first-order chi connectivity index (χ1) is 8.97. The Morgan fingerprint density at radius 1 is 1.42 bits per heavy atom. The highest BCUT2D eigenvalue weighted by Gasteiger charge is 2.21. The first-order valence-corrected chi connectivity index (χ1v) is 6.25. The van der Waals surface area contributed by atoms with Crippen molar-refractivity contribution >= 4 is 27.5 Å². The van der Waals surface area contributed by atoms with Gasteiger partial charge in [0.05, 0.1) is 6.42 Å². The lowest BCUT2D eigenvalue weighted by atomic mass is 10.1. The van der Waals surface area contributed by atoms with Gasteiger partial charge in [0, 0.05) is 17.0 Å². The molecule has 1 heterocycles. The highest BCUT2D eigenvalue weighted by atomic mass is 79.9. The summed E-state index contributed by atoms with van der Waals surface area (Å²) in [5, 5.41) is 10.8. The highest BCUT2D eigenvalue weighted by molar-refractivity contribution is 9.10. The van der Waals surface area contributed by atoms with Crippen molar-refractivity contribution in [3.05, 3.63) is 55.9 Å². The number of hydrogen-bond acceptors (Lipinski definition) is 4. The topological polar surface area (TPSA) is 88.9 Å². The van der Waals surface area contributed by atoms with E-state index in [1.165, 1.54) is 0 Å². The maximum atomic E-state index is 12.0. The zero-order valence-corrected chi connectivity index (χ0v) is 11.6. The SMILES string of the molecule is Cc1nc(CC(=O)c2ccc(Br)cc2)c([N+](=O)[O-])[nH]1. The molecule has 0 atom stereocenters. The Labute approximate surface area is 117 Å². The molecule has 1 aromatic carbocycles. The third kappa shape index (κ3) is 3.05. The summed E-state index contributed by atoms with van der Waals surface area (Å²) in [5.74, 6) is -0.00429. The first-order valence-electron chi connectivity index (χ1n) is 5.46. The fourth-order valence-electron chi connectivity index (χ4n) is 1.69. The predicted molar refractivity (Wildman–Crippen MR) is 72.2 cm³/mol. The van der Waals surface area contributed by atoms with Crippen LogP contribution < -0.4 is 0 Å². The van der Waals surface area contributed by atoms with Gasteiger partial charge >= 0.3 is 5.82 Å². The van der Waals surface area contributed by atoms with Gasteiger partial charge in [-0.3, -0.25) is 4.79 Å². The van der Waals surface area contributed by atoms with E-state index in [1.54, 1.807) is 31.2 Å². The van der Waals surface area contributed by atoms with Gasteiger partial charge in [-0.1, -0.05) is 28.1 Å². The van der Waals surface area contributed by atoms with Gasteiger partial charge in [0.25, 0.3) is 0 Å². The second-order valence-electron chi connectivity index (χ2n) is 3.98. The molecule has 0 saturated carbocycles. The zero-order valence-electron chi connectivity index (χ0n) is 10.0. The number of H-pyrrole nitrogens is 1. The smallest absolute Gasteiger partial charge is 0.344 e. The molecule has 0 fully saturated rings. The van der Waals surface area contributed by atoms with Crippen LogP contribution in [0.3, 0.4) is 0 Å². The number of carbonyl (C=O) groups excluding carboxylic acids is 1. The summed E-state index contributed by atoms with van der Waals surface area (Å²) >= 11 is 3.28. The van der Waals surface area contributed by atoms with Crippen molar-refractivity contribution in [1.82, 2.24) is 9.97 Å². The second kappa shape index (κ2) is 5.31. The van der Waals surface area contributed by atoms with Crippen molar-refractivity contribution in [2.75, 3.05) is 0 Å². The third-order valence-electron chi connectivity index (χ3n) is 2.55. The number of benzene rings is 1. The van der Waals surface area contributed by atoms with Gasteiger partial charge < -0.3 is 10.1 Å². The number of ketones is 1. The van der Waals surface area contributed by atoms with E-state index >= 15 is 0 Å². The molecular formula is C12H10BrN3O3. The molecule has 19 heavy (non-hydrogen) atoms. The third-order valence-corrected chi connectivity index (χ3v) is 3.08. The fraction of sp³-hybridized carbons (Fsp3) is 0.167. The predicted octanol–water partition coefficient (Wildman–Crippen LogP) is 2.81. The molecule has 7 heteroatoms. The van der Waals surface area contributed by atoms with Crippen LogP contribution in [0.4, 0.5) is 5.82 Å². The quantitative estimate of drug-likeness (QED) is 0.532. The van der Waals surface area contributed by atoms with Crippen LogP contribution in [-0.2, 0) is 6.42 Å². The minimum absolute atomic E-state index is 0.0950. The number of aromatic nitrogens is 2. The molecule has 1 aromatic heterocycles. The summed E-state index contributed by atoms with van der Waals surface area (Å²) < 4.78 is 0.866. The molecule has 6 nitrogen and oxygen atoms in total. The number of imidazole rings is 1. The van der Waals surface area contributed by atoms with Crippen molar-refractivity contribution in [3.63, 3.8) is 0 Å². The summed E-state index contributed by atoms with van der Waals surface area (Å²) in [5.41, 5.74) is 0.661. The standard InChI is InChI=1S/C12H10BrN3O3/c1-7-14-10(12(15-7)16(18)19)6-11(17)8-2-4-9(13)5-3-8/h2-5H,6H2,1H3,(H,14,15). The molecular weight excluding hydrogens is 314 g/mol. The second-order valence-corrected chi connectivity index (χ2v) is 4.90. The van der Waals surface area contributed by atoms with Crippen LogP contribution in [0, 0.1) is 17.0 Å². The van der Waals surface area contributed by atoms with Gasteiger partial charge in [0.2, 0.25) is 0 Å². The van der Waals surface area contributed by atoms with Crippen LogP contribution in [0.2, 0.25) is 0 Å². The maximum absolute atomic E-state index is 12.0. The Kier molecular flexibility index (Phi) is 3.75. The van der Waals surface area contributed by atoms with Gasteiger partial charge in [-0.05, 0) is 17.1 Å². The summed E-state index contributed by atoms with van der Waals surface area (Å²) in [4.78, 5) is 28.8. The van der Waals surface area contributed by atoms with E-state index in [0.29, 0.717) is 11.4 Å². The maximum Gasteiger partial charge on any atom is 0.344 e. The Morgan fingerprint density at radius 3 is 2.63 bits per heavy atom. The Bertz CT molecular complexity index is 634. The van der Waals surface area contributed by atoms with Crippen molar-refractivity contribution in [3.8, 4) is 0 Å². The Balaban J connectivity index is 2.24. The zero-order chi connectivity index (χ0) is 14.0. The minimum atomic E-state index is -0.565. The molecule has 0 radical (unpaired) electrons. The molecule has 0 saturated heterocycles. The molecule has 1 N–H and O–H groups in total. The van der Waals surface area contributed by atoms with Crippen molar-refractivity contribution in [1.29, 1.82) is 0 Å². The van der Waals surface area contributed by atoms with Gasteiger partial charge in [-0.2, -0.15) is 0 Å². The number of rotatable bonds is 4. The summed E-state index contributed by atoms with van der Waals surface area (Å²) in [6.07, 6.45) is -0.0950. The monoisotopic (exact) mass is 323 g/mol. The van der Waals surface area contributed by atoms with Crippen LogP contribution >= 0.6 is 15.9 Å². The molecule has 0 aliphatic carbocycles. The molecule has 98 valence electrons. The number of nitrogens with one attached hydrogen (secondary N) is 1. The van der Waals surface area contributed by atoms with Crippen LogP contribution in [0.5, 0.6) is 0 Å². The lowest BCUT2D eigenvalue weighted by Gasteiger charge is -1.99. The van der Waals surface area contributed by atoms with E-state index in [0.717, 1.165) is 4.47 Å².